The SMILES string of the molecule is Cc1c2cc(CC(C)(C)C)ccc2c(CC(C)(C)C)c2c1c1c3c(cc[n+]1C)c(CC(C)(C)C)c(CC(C)(C)C)c1c4ccccc4n2c13. The molecule has 0 spiro atoms. The van der Waals surface area contributed by atoms with E-state index in [0.717, 1.165) is 25.7 Å². The molecule has 0 amide bonds. The predicted octanol–water partition coefficient (Wildman–Crippen LogP) is 12.6. The fraction of sp³-hybridized carbons (Fsp3) is 0.468. The number of nitrogens with zero attached hydrogens (tertiary/aromatic N) is 2. The summed E-state index contributed by atoms with van der Waals surface area (Å²) in [7, 11) is 2.28. The van der Waals surface area contributed by atoms with Gasteiger partial charge in [0.15, 0.2) is 6.20 Å². The zero-order valence-corrected chi connectivity index (χ0v) is 32.9. The summed E-state index contributed by atoms with van der Waals surface area (Å²) in [5.41, 5.74) is 13.5. The molecule has 0 aliphatic heterocycles. The molecule has 0 radical (unpaired) electrons. The minimum Gasteiger partial charge on any atom is -0.307 e. The number of benzene rings is 4. The van der Waals surface area contributed by atoms with Crippen LogP contribution in [-0.4, -0.2) is 4.40 Å². The third-order valence-electron chi connectivity index (χ3n) is 10.5. The Balaban J connectivity index is 1.84. The van der Waals surface area contributed by atoms with E-state index in [1.807, 2.05) is 0 Å². The molecule has 2 nitrogen and oxygen atoms in total. The van der Waals surface area contributed by atoms with Gasteiger partial charge in [0, 0.05) is 16.8 Å². The van der Waals surface area contributed by atoms with Gasteiger partial charge in [0.1, 0.15) is 7.05 Å². The van der Waals surface area contributed by atoms with Crippen LogP contribution >= 0.6 is 0 Å². The number of aryl methyl sites for hydroxylation is 2. The number of rotatable bonds is 4. The number of aromatic nitrogens is 2. The van der Waals surface area contributed by atoms with Crippen LogP contribution in [0.5, 0.6) is 0 Å². The van der Waals surface area contributed by atoms with Gasteiger partial charge < -0.3 is 4.40 Å². The van der Waals surface area contributed by atoms with Gasteiger partial charge >= 0.3 is 0 Å². The van der Waals surface area contributed by atoms with E-state index >= 15 is 0 Å². The second-order valence-electron chi connectivity index (χ2n) is 20.3. The predicted molar refractivity (Wildman–Crippen MR) is 215 cm³/mol. The first-order chi connectivity index (χ1) is 22.6. The van der Waals surface area contributed by atoms with Gasteiger partial charge in [-0.3, -0.25) is 0 Å². The largest absolute Gasteiger partial charge is 0.307 e. The Bertz CT molecular complexity index is 2420. The monoisotopic (exact) mass is 651 g/mol. The highest BCUT2D eigenvalue weighted by molar-refractivity contribution is 6.30. The summed E-state index contributed by atoms with van der Waals surface area (Å²) in [4.78, 5) is 0. The number of hydrogen-bond acceptors (Lipinski definition) is 0. The van der Waals surface area contributed by atoms with Crippen LogP contribution in [0.15, 0.2) is 54.7 Å². The molecule has 49 heavy (non-hydrogen) atoms. The summed E-state index contributed by atoms with van der Waals surface area (Å²) in [6.07, 6.45) is 6.51. The zero-order valence-electron chi connectivity index (χ0n) is 32.9. The summed E-state index contributed by atoms with van der Waals surface area (Å²) in [5.74, 6) is 0. The number of para-hydroxylation sites is 1. The summed E-state index contributed by atoms with van der Waals surface area (Å²) in [6, 6.07) is 19.1. The first kappa shape index (κ1) is 33.8. The lowest BCUT2D eigenvalue weighted by Gasteiger charge is -2.28. The van der Waals surface area contributed by atoms with Gasteiger partial charge in [-0.1, -0.05) is 119 Å². The Morgan fingerprint density at radius 1 is 0.531 bits per heavy atom. The Kier molecular flexibility index (Phi) is 7.54. The van der Waals surface area contributed by atoms with Gasteiger partial charge in [0.25, 0.3) is 0 Å². The standard InChI is InChI=1S/C47H59N2/c1-28-33-23-29(24-44(2,3)4)19-20-30(33)36(27-47(11,12)13)41-38(28)42-40-31(21-22-48(42)14)34(25-45(5,6)7)35(26-46(8,9)10)39-32-17-15-16-18-37(32)49(41)43(39)40/h15-23H,24-27H2,1-14H3/q+1. The number of pyridine rings is 2. The van der Waals surface area contributed by atoms with Crippen molar-refractivity contribution in [3.8, 4) is 0 Å². The molecular weight excluding hydrogens is 593 g/mol. The van der Waals surface area contributed by atoms with Crippen molar-refractivity contribution in [1.29, 1.82) is 0 Å². The van der Waals surface area contributed by atoms with E-state index in [4.69, 9.17) is 0 Å². The van der Waals surface area contributed by atoms with E-state index in [2.05, 4.69) is 161 Å². The van der Waals surface area contributed by atoms with Crippen LogP contribution in [0.4, 0.5) is 0 Å². The van der Waals surface area contributed by atoms with Crippen molar-refractivity contribution in [2.75, 3.05) is 0 Å². The lowest BCUT2D eigenvalue weighted by Crippen LogP contribution is -2.29. The molecule has 2 heteroatoms. The van der Waals surface area contributed by atoms with Crippen LogP contribution in [0.1, 0.15) is 111 Å². The van der Waals surface area contributed by atoms with E-state index < -0.39 is 0 Å². The number of fused-ring (bicyclic) bond motifs is 7. The smallest absolute Gasteiger partial charge is 0.224 e. The normalized spacial score (nSPS) is 13.8. The first-order valence-electron chi connectivity index (χ1n) is 18.6. The Hall–Kier alpha value is -3.65. The van der Waals surface area contributed by atoms with Crippen molar-refractivity contribution in [3.63, 3.8) is 0 Å². The average Bonchev–Trinajstić information content (AvgIpc) is 3.29. The fourth-order valence-electron chi connectivity index (χ4n) is 8.95. The first-order valence-corrected chi connectivity index (χ1v) is 18.6. The number of hydrogen-bond donors (Lipinski definition) is 0. The molecule has 7 rings (SSSR count). The lowest BCUT2D eigenvalue weighted by atomic mass is 9.77. The second kappa shape index (κ2) is 10.9. The summed E-state index contributed by atoms with van der Waals surface area (Å²) in [6.45, 7) is 31.1. The minimum atomic E-state index is 0.116. The zero-order chi connectivity index (χ0) is 35.6. The molecular formula is C47H59N2+. The fourth-order valence-corrected chi connectivity index (χ4v) is 8.95. The molecule has 0 fully saturated rings. The van der Waals surface area contributed by atoms with Crippen molar-refractivity contribution in [3.05, 3.63) is 82.5 Å². The lowest BCUT2D eigenvalue weighted by molar-refractivity contribution is -0.643. The van der Waals surface area contributed by atoms with E-state index in [-0.39, 0.29) is 21.7 Å². The van der Waals surface area contributed by atoms with Crippen LogP contribution < -0.4 is 4.57 Å². The molecule has 4 aromatic carbocycles. The highest BCUT2D eigenvalue weighted by atomic mass is 15.0. The van der Waals surface area contributed by atoms with Crippen LogP contribution in [-0.2, 0) is 32.7 Å². The van der Waals surface area contributed by atoms with E-state index in [0.29, 0.717) is 0 Å². The maximum atomic E-state index is 2.72. The maximum absolute atomic E-state index is 2.72. The highest BCUT2D eigenvalue weighted by Gasteiger charge is 2.33. The van der Waals surface area contributed by atoms with Crippen molar-refractivity contribution in [2.24, 2.45) is 28.7 Å². The van der Waals surface area contributed by atoms with Crippen LogP contribution in [0.2, 0.25) is 0 Å². The minimum absolute atomic E-state index is 0.116. The Morgan fingerprint density at radius 2 is 1.12 bits per heavy atom. The van der Waals surface area contributed by atoms with Gasteiger partial charge in [-0.2, -0.15) is 0 Å². The summed E-state index contributed by atoms with van der Waals surface area (Å²) < 4.78 is 5.16. The molecule has 256 valence electrons. The molecule has 0 bridgehead atoms. The van der Waals surface area contributed by atoms with Gasteiger partial charge in [-0.25, -0.2) is 4.57 Å². The molecule has 0 aliphatic rings. The Morgan fingerprint density at radius 3 is 1.76 bits per heavy atom. The summed E-state index contributed by atoms with van der Waals surface area (Å²) >= 11 is 0. The molecule has 7 aromatic rings. The molecule has 3 heterocycles. The second-order valence-corrected chi connectivity index (χ2v) is 20.3. The average molecular weight is 652 g/mol. The molecule has 0 saturated carbocycles. The molecule has 0 saturated heterocycles. The molecule has 3 aromatic heterocycles. The molecule has 0 N–H and O–H groups in total. The van der Waals surface area contributed by atoms with Crippen molar-refractivity contribution in [1.82, 2.24) is 4.40 Å². The quantitative estimate of drug-likeness (QED) is 0.102. The maximum Gasteiger partial charge on any atom is 0.224 e. The van der Waals surface area contributed by atoms with Gasteiger partial charge in [0.05, 0.1) is 27.3 Å². The van der Waals surface area contributed by atoms with Crippen LogP contribution in [0.25, 0.3) is 59.8 Å². The third-order valence-corrected chi connectivity index (χ3v) is 10.5. The summed E-state index contributed by atoms with van der Waals surface area (Å²) in [5, 5.41) is 9.94. The van der Waals surface area contributed by atoms with Crippen molar-refractivity contribution in [2.45, 2.75) is 116 Å². The van der Waals surface area contributed by atoms with Crippen molar-refractivity contribution >= 4 is 59.8 Å². The van der Waals surface area contributed by atoms with Crippen LogP contribution in [0.3, 0.4) is 0 Å². The third kappa shape index (κ3) is 5.78. The van der Waals surface area contributed by atoms with Crippen molar-refractivity contribution < 1.29 is 4.57 Å². The van der Waals surface area contributed by atoms with Crippen LogP contribution in [0, 0.1) is 28.6 Å². The molecule has 0 atom stereocenters. The topological polar surface area (TPSA) is 8.29 Å². The highest BCUT2D eigenvalue weighted by Crippen LogP contribution is 2.49. The van der Waals surface area contributed by atoms with E-state index in [1.165, 1.54) is 76.5 Å². The van der Waals surface area contributed by atoms with Gasteiger partial charge in [0.2, 0.25) is 5.52 Å². The van der Waals surface area contributed by atoms with Gasteiger partial charge in [-0.05, 0) is 104 Å². The van der Waals surface area contributed by atoms with E-state index in [1.54, 1.807) is 11.1 Å². The Labute approximate surface area is 294 Å². The molecule has 0 unspecified atom stereocenters. The van der Waals surface area contributed by atoms with Gasteiger partial charge in [-0.15, -0.1) is 0 Å². The molecule has 0 aliphatic carbocycles. The van der Waals surface area contributed by atoms with E-state index in [9.17, 15) is 0 Å².